The van der Waals surface area contributed by atoms with E-state index in [2.05, 4.69) is 10.4 Å². The van der Waals surface area contributed by atoms with Gasteiger partial charge in [-0.1, -0.05) is 30.3 Å². The van der Waals surface area contributed by atoms with Gasteiger partial charge in [-0.05, 0) is 12.6 Å². The molecule has 0 unspecified atom stereocenters. The normalized spacial score (nSPS) is 10.3. The van der Waals surface area contributed by atoms with Gasteiger partial charge in [-0.25, -0.2) is 0 Å². The van der Waals surface area contributed by atoms with Gasteiger partial charge in [0, 0.05) is 0 Å². The molecule has 2 rings (SSSR count). The van der Waals surface area contributed by atoms with Gasteiger partial charge in [0.05, 0.1) is 19.1 Å². The predicted molar refractivity (Wildman–Crippen MR) is 62.1 cm³/mol. The lowest BCUT2D eigenvalue weighted by Gasteiger charge is -2.02. The van der Waals surface area contributed by atoms with E-state index in [1.807, 2.05) is 43.6 Å². The lowest BCUT2D eigenvalue weighted by molar-refractivity contribution is 0.305. The molecule has 2 aromatic rings. The molecule has 1 aromatic heterocycles. The number of nitrogens with one attached hydrogen (secondary N) is 1. The number of rotatable bonds is 5. The van der Waals surface area contributed by atoms with Gasteiger partial charge in [-0.3, -0.25) is 4.68 Å². The molecule has 0 amide bonds. The van der Waals surface area contributed by atoms with Crippen LogP contribution in [0.3, 0.4) is 0 Å². The fraction of sp³-hybridized carbons (Fsp3) is 0.250. The van der Waals surface area contributed by atoms with E-state index in [9.17, 15) is 0 Å². The van der Waals surface area contributed by atoms with E-state index in [-0.39, 0.29) is 0 Å². The average molecular weight is 217 g/mol. The number of aromatic nitrogens is 2. The third-order valence-electron chi connectivity index (χ3n) is 2.18. The molecule has 0 aliphatic carbocycles. The van der Waals surface area contributed by atoms with Crippen LogP contribution in [0.15, 0.2) is 42.7 Å². The molecule has 16 heavy (non-hydrogen) atoms. The third-order valence-corrected chi connectivity index (χ3v) is 2.18. The van der Waals surface area contributed by atoms with Crippen molar-refractivity contribution < 1.29 is 4.74 Å². The quantitative estimate of drug-likeness (QED) is 0.827. The molecule has 1 aromatic carbocycles. The van der Waals surface area contributed by atoms with Crippen molar-refractivity contribution in [2.24, 2.45) is 0 Å². The van der Waals surface area contributed by atoms with Gasteiger partial charge in [-0.15, -0.1) is 0 Å². The van der Waals surface area contributed by atoms with Crippen LogP contribution in [-0.2, 0) is 13.3 Å². The number of benzene rings is 1. The zero-order valence-corrected chi connectivity index (χ0v) is 9.26. The second-order valence-electron chi connectivity index (χ2n) is 3.50. The molecule has 4 nitrogen and oxygen atoms in total. The highest BCUT2D eigenvalue weighted by molar-refractivity contribution is 5.16. The van der Waals surface area contributed by atoms with Crippen molar-refractivity contribution in [1.82, 2.24) is 15.1 Å². The van der Waals surface area contributed by atoms with E-state index in [1.165, 1.54) is 0 Å². The number of ether oxygens (including phenoxy) is 1. The lowest BCUT2D eigenvalue weighted by atomic mass is 10.2. The summed E-state index contributed by atoms with van der Waals surface area (Å²) < 4.78 is 7.40. The maximum atomic E-state index is 5.61. The Labute approximate surface area is 94.9 Å². The highest BCUT2D eigenvalue weighted by Gasteiger charge is 1.98. The van der Waals surface area contributed by atoms with E-state index < -0.39 is 0 Å². The monoisotopic (exact) mass is 217 g/mol. The van der Waals surface area contributed by atoms with Crippen molar-refractivity contribution in [3.8, 4) is 5.75 Å². The summed E-state index contributed by atoms with van der Waals surface area (Å²) in [4.78, 5) is 0. The van der Waals surface area contributed by atoms with Crippen LogP contribution >= 0.6 is 0 Å². The van der Waals surface area contributed by atoms with Gasteiger partial charge >= 0.3 is 0 Å². The minimum atomic E-state index is 0.575. The Morgan fingerprint density at radius 1 is 1.31 bits per heavy atom. The second-order valence-corrected chi connectivity index (χ2v) is 3.50. The molecular weight excluding hydrogens is 202 g/mol. The summed E-state index contributed by atoms with van der Waals surface area (Å²) in [5, 5.41) is 7.16. The third kappa shape index (κ3) is 2.84. The van der Waals surface area contributed by atoms with Crippen LogP contribution in [0, 0.1) is 0 Å². The Hall–Kier alpha value is -1.81. The van der Waals surface area contributed by atoms with Crippen molar-refractivity contribution >= 4 is 0 Å². The van der Waals surface area contributed by atoms with Gasteiger partial charge in [0.1, 0.15) is 6.61 Å². The van der Waals surface area contributed by atoms with Crippen LogP contribution in [0.5, 0.6) is 5.75 Å². The molecule has 0 atom stereocenters. The highest BCUT2D eigenvalue weighted by atomic mass is 16.5. The van der Waals surface area contributed by atoms with Gasteiger partial charge < -0.3 is 10.1 Å². The van der Waals surface area contributed by atoms with Crippen LogP contribution in [0.1, 0.15) is 5.56 Å². The van der Waals surface area contributed by atoms with Gasteiger partial charge in [-0.2, -0.15) is 5.10 Å². The Balaban J connectivity index is 1.89. The first-order chi connectivity index (χ1) is 7.88. The van der Waals surface area contributed by atoms with Crippen molar-refractivity contribution in [2.45, 2.75) is 13.3 Å². The first-order valence-corrected chi connectivity index (χ1v) is 5.22. The van der Waals surface area contributed by atoms with Crippen LogP contribution in [0.25, 0.3) is 0 Å². The Morgan fingerprint density at radius 3 is 2.88 bits per heavy atom. The molecule has 0 saturated carbocycles. The molecule has 0 radical (unpaired) electrons. The van der Waals surface area contributed by atoms with Crippen molar-refractivity contribution in [1.29, 1.82) is 0 Å². The maximum absolute atomic E-state index is 5.61. The smallest absolute Gasteiger partial charge is 0.157 e. The standard InChI is InChI=1S/C12H15N3O/c1-13-10-15-8-12(7-14-15)16-9-11-5-3-2-4-6-11/h2-8,13H,9-10H2,1H3. The summed E-state index contributed by atoms with van der Waals surface area (Å²) in [5.41, 5.74) is 1.16. The Kier molecular flexibility index (Phi) is 3.56. The molecule has 0 spiro atoms. The van der Waals surface area contributed by atoms with Crippen molar-refractivity contribution in [3.63, 3.8) is 0 Å². The molecule has 84 valence electrons. The Morgan fingerprint density at radius 2 is 2.12 bits per heavy atom. The van der Waals surface area contributed by atoms with E-state index in [1.54, 1.807) is 10.9 Å². The lowest BCUT2D eigenvalue weighted by Crippen LogP contribution is -2.12. The van der Waals surface area contributed by atoms with Crippen LogP contribution in [-0.4, -0.2) is 16.8 Å². The fourth-order valence-corrected chi connectivity index (χ4v) is 1.41. The largest absolute Gasteiger partial charge is 0.486 e. The minimum absolute atomic E-state index is 0.575. The molecule has 0 aliphatic rings. The second kappa shape index (κ2) is 5.32. The van der Waals surface area contributed by atoms with Gasteiger partial charge in [0.2, 0.25) is 0 Å². The van der Waals surface area contributed by atoms with Crippen LogP contribution in [0.4, 0.5) is 0 Å². The molecule has 4 heteroatoms. The Bertz CT molecular complexity index is 425. The highest BCUT2D eigenvalue weighted by Crippen LogP contribution is 2.10. The summed E-state index contributed by atoms with van der Waals surface area (Å²) >= 11 is 0. The molecule has 0 fully saturated rings. The fourth-order valence-electron chi connectivity index (χ4n) is 1.41. The summed E-state index contributed by atoms with van der Waals surface area (Å²) in [7, 11) is 1.88. The SMILES string of the molecule is CNCn1cc(OCc2ccccc2)cn1. The number of hydrogen-bond donors (Lipinski definition) is 1. The molecule has 0 bridgehead atoms. The van der Waals surface area contributed by atoms with E-state index in [0.717, 1.165) is 11.3 Å². The topological polar surface area (TPSA) is 39.1 Å². The van der Waals surface area contributed by atoms with Gasteiger partial charge in [0.25, 0.3) is 0 Å². The first kappa shape index (κ1) is 10.7. The number of hydrogen-bond acceptors (Lipinski definition) is 3. The maximum Gasteiger partial charge on any atom is 0.157 e. The number of nitrogens with zero attached hydrogens (tertiary/aromatic N) is 2. The van der Waals surface area contributed by atoms with E-state index >= 15 is 0 Å². The van der Waals surface area contributed by atoms with Gasteiger partial charge in [0.15, 0.2) is 5.75 Å². The van der Waals surface area contributed by atoms with Crippen molar-refractivity contribution in [3.05, 3.63) is 48.3 Å². The zero-order valence-electron chi connectivity index (χ0n) is 9.26. The average Bonchev–Trinajstić information content (AvgIpc) is 2.76. The summed E-state index contributed by atoms with van der Waals surface area (Å²) in [6, 6.07) is 10.1. The summed E-state index contributed by atoms with van der Waals surface area (Å²) in [6.45, 7) is 1.26. The molecular formula is C12H15N3O. The summed E-state index contributed by atoms with van der Waals surface area (Å²) in [6.07, 6.45) is 3.60. The molecule has 1 heterocycles. The van der Waals surface area contributed by atoms with Crippen molar-refractivity contribution in [2.75, 3.05) is 7.05 Å². The van der Waals surface area contributed by atoms with Crippen LogP contribution < -0.4 is 10.1 Å². The molecule has 1 N–H and O–H groups in total. The first-order valence-electron chi connectivity index (χ1n) is 5.22. The zero-order chi connectivity index (χ0) is 11.2. The predicted octanol–water partition coefficient (Wildman–Crippen LogP) is 1.64. The minimum Gasteiger partial charge on any atom is -0.486 e. The van der Waals surface area contributed by atoms with Crippen LogP contribution in [0.2, 0.25) is 0 Å². The van der Waals surface area contributed by atoms with E-state index in [0.29, 0.717) is 13.3 Å². The molecule has 0 aliphatic heterocycles. The summed E-state index contributed by atoms with van der Waals surface area (Å²) in [5.74, 6) is 0.791. The molecule has 0 saturated heterocycles. The van der Waals surface area contributed by atoms with E-state index in [4.69, 9.17) is 4.74 Å².